The molecule has 136 valence electrons. The lowest BCUT2D eigenvalue weighted by molar-refractivity contribution is -0.123. The summed E-state index contributed by atoms with van der Waals surface area (Å²) in [5, 5.41) is 4.15. The predicted octanol–water partition coefficient (Wildman–Crippen LogP) is 1.26. The van der Waals surface area contributed by atoms with Crippen molar-refractivity contribution in [2.45, 2.75) is 31.8 Å². The molecule has 6 nitrogen and oxygen atoms in total. The van der Waals surface area contributed by atoms with Crippen LogP contribution in [0.25, 0.3) is 10.9 Å². The van der Waals surface area contributed by atoms with Gasteiger partial charge >= 0.3 is 0 Å². The Bertz CT molecular complexity index is 719. The number of aromatic amines is 1. The van der Waals surface area contributed by atoms with Crippen LogP contribution in [0.5, 0.6) is 0 Å². The van der Waals surface area contributed by atoms with Gasteiger partial charge in [-0.05, 0) is 31.9 Å². The van der Waals surface area contributed by atoms with Gasteiger partial charge in [0.05, 0.1) is 19.3 Å². The van der Waals surface area contributed by atoms with Crippen molar-refractivity contribution in [2.24, 2.45) is 5.73 Å². The zero-order valence-corrected chi connectivity index (χ0v) is 15.0. The second kappa shape index (κ2) is 7.56. The smallest absolute Gasteiger partial charge is 0.237 e. The lowest BCUT2D eigenvalue weighted by Crippen LogP contribution is -2.56. The van der Waals surface area contributed by atoms with Gasteiger partial charge in [-0.2, -0.15) is 0 Å². The van der Waals surface area contributed by atoms with Crippen LogP contribution in [0.4, 0.5) is 0 Å². The molecule has 2 aromatic rings. The van der Waals surface area contributed by atoms with Crippen LogP contribution in [-0.4, -0.2) is 60.2 Å². The van der Waals surface area contributed by atoms with E-state index in [1.54, 1.807) is 0 Å². The SMILES string of the molecule is CC(C)(CNC(=O)[C@@H](N)Cc1c[nH]c2ccccc12)N1CCOCC1. The first-order valence-electron chi connectivity index (χ1n) is 8.88. The molecule has 2 heterocycles. The molecule has 0 spiro atoms. The molecular formula is C19H28N4O2. The molecule has 1 aliphatic rings. The third-order valence-corrected chi connectivity index (χ3v) is 5.01. The zero-order valence-electron chi connectivity index (χ0n) is 15.0. The molecule has 0 unspecified atom stereocenters. The molecule has 1 aromatic heterocycles. The Hall–Kier alpha value is -1.89. The van der Waals surface area contributed by atoms with Gasteiger partial charge in [0, 0.05) is 42.3 Å². The van der Waals surface area contributed by atoms with Crippen LogP contribution in [0.15, 0.2) is 30.5 Å². The number of para-hydroxylation sites is 1. The van der Waals surface area contributed by atoms with E-state index in [0.717, 1.165) is 42.8 Å². The van der Waals surface area contributed by atoms with Crippen molar-refractivity contribution >= 4 is 16.8 Å². The van der Waals surface area contributed by atoms with Gasteiger partial charge in [0.1, 0.15) is 0 Å². The van der Waals surface area contributed by atoms with Crippen LogP contribution in [0, 0.1) is 0 Å². The lowest BCUT2D eigenvalue weighted by atomic mass is 10.0. The summed E-state index contributed by atoms with van der Waals surface area (Å²) in [6, 6.07) is 7.50. The number of ether oxygens (including phenoxy) is 1. The number of morpholine rings is 1. The summed E-state index contributed by atoms with van der Waals surface area (Å²) in [5.41, 5.74) is 8.18. The summed E-state index contributed by atoms with van der Waals surface area (Å²) in [6.45, 7) is 8.14. The average molecular weight is 344 g/mol. The maximum absolute atomic E-state index is 12.4. The van der Waals surface area contributed by atoms with Gasteiger partial charge in [-0.15, -0.1) is 0 Å². The molecule has 1 saturated heterocycles. The number of fused-ring (bicyclic) bond motifs is 1. The van der Waals surface area contributed by atoms with E-state index in [1.165, 1.54) is 0 Å². The fourth-order valence-electron chi connectivity index (χ4n) is 3.35. The number of benzene rings is 1. The maximum atomic E-state index is 12.4. The highest BCUT2D eigenvalue weighted by molar-refractivity contribution is 5.86. The summed E-state index contributed by atoms with van der Waals surface area (Å²) in [7, 11) is 0. The normalized spacial score (nSPS) is 17.6. The number of H-pyrrole nitrogens is 1. The topological polar surface area (TPSA) is 83.4 Å². The minimum absolute atomic E-state index is 0.105. The van der Waals surface area contributed by atoms with Gasteiger partial charge in [0.2, 0.25) is 5.91 Å². The molecule has 4 N–H and O–H groups in total. The minimum atomic E-state index is -0.556. The van der Waals surface area contributed by atoms with Gasteiger partial charge in [-0.3, -0.25) is 9.69 Å². The van der Waals surface area contributed by atoms with Gasteiger partial charge < -0.3 is 20.8 Å². The first kappa shape index (κ1) is 17.9. The van der Waals surface area contributed by atoms with Crippen molar-refractivity contribution in [3.8, 4) is 0 Å². The first-order chi connectivity index (χ1) is 12.0. The van der Waals surface area contributed by atoms with E-state index in [2.05, 4.69) is 29.0 Å². The number of rotatable bonds is 6. The van der Waals surface area contributed by atoms with Crippen LogP contribution in [-0.2, 0) is 16.0 Å². The molecule has 0 aliphatic carbocycles. The van der Waals surface area contributed by atoms with E-state index in [4.69, 9.17) is 10.5 Å². The van der Waals surface area contributed by atoms with Gasteiger partial charge in [0.25, 0.3) is 0 Å². The molecule has 0 bridgehead atoms. The van der Waals surface area contributed by atoms with E-state index < -0.39 is 6.04 Å². The molecule has 1 atom stereocenters. The summed E-state index contributed by atoms with van der Waals surface area (Å²) in [5.74, 6) is -0.105. The standard InChI is InChI=1S/C19H28N4O2/c1-19(2,23-7-9-25-10-8-23)13-22-18(24)16(20)11-14-12-21-17-6-4-3-5-15(14)17/h3-6,12,16,21H,7-11,13,20H2,1-2H3,(H,22,24)/t16-/m0/s1. The van der Waals surface area contributed by atoms with Crippen molar-refractivity contribution in [3.05, 3.63) is 36.0 Å². The zero-order chi connectivity index (χ0) is 17.9. The highest BCUT2D eigenvalue weighted by Gasteiger charge is 2.29. The highest BCUT2D eigenvalue weighted by Crippen LogP contribution is 2.19. The van der Waals surface area contributed by atoms with Gasteiger partial charge in [-0.1, -0.05) is 18.2 Å². The Kier molecular flexibility index (Phi) is 5.42. The molecule has 1 fully saturated rings. The summed E-state index contributed by atoms with van der Waals surface area (Å²) >= 11 is 0. The molecule has 0 radical (unpaired) electrons. The largest absolute Gasteiger partial charge is 0.379 e. The number of nitrogens with zero attached hydrogens (tertiary/aromatic N) is 1. The summed E-state index contributed by atoms with van der Waals surface area (Å²) in [6.07, 6.45) is 2.46. The number of aromatic nitrogens is 1. The number of nitrogens with one attached hydrogen (secondary N) is 2. The van der Waals surface area contributed by atoms with Gasteiger partial charge in [-0.25, -0.2) is 0 Å². The first-order valence-corrected chi connectivity index (χ1v) is 8.88. The fourth-order valence-corrected chi connectivity index (χ4v) is 3.35. The second-order valence-corrected chi connectivity index (χ2v) is 7.30. The summed E-state index contributed by atoms with van der Waals surface area (Å²) in [4.78, 5) is 18.0. The molecule has 1 aliphatic heterocycles. The monoisotopic (exact) mass is 344 g/mol. The lowest BCUT2D eigenvalue weighted by Gasteiger charge is -2.41. The third-order valence-electron chi connectivity index (χ3n) is 5.01. The molecular weight excluding hydrogens is 316 g/mol. The quantitative estimate of drug-likeness (QED) is 0.737. The molecule has 1 amide bonds. The fraction of sp³-hybridized carbons (Fsp3) is 0.526. The second-order valence-electron chi connectivity index (χ2n) is 7.30. The van der Waals surface area contributed by atoms with E-state index in [0.29, 0.717) is 13.0 Å². The highest BCUT2D eigenvalue weighted by atomic mass is 16.5. The average Bonchev–Trinajstić information content (AvgIpc) is 3.03. The Morgan fingerprint density at radius 1 is 1.36 bits per heavy atom. The Labute approximate surface area is 148 Å². The van der Waals surface area contributed by atoms with Crippen molar-refractivity contribution in [1.82, 2.24) is 15.2 Å². The van der Waals surface area contributed by atoms with E-state index in [1.807, 2.05) is 30.5 Å². The number of carbonyl (C=O) groups is 1. The number of hydrogen-bond acceptors (Lipinski definition) is 4. The van der Waals surface area contributed by atoms with Crippen LogP contribution in [0.3, 0.4) is 0 Å². The van der Waals surface area contributed by atoms with E-state index >= 15 is 0 Å². The molecule has 0 saturated carbocycles. The molecule has 1 aromatic carbocycles. The minimum Gasteiger partial charge on any atom is -0.379 e. The number of hydrogen-bond donors (Lipinski definition) is 3. The number of nitrogens with two attached hydrogens (primary N) is 1. The summed E-state index contributed by atoms with van der Waals surface area (Å²) < 4.78 is 5.40. The predicted molar refractivity (Wildman–Crippen MR) is 99.5 cm³/mol. The molecule has 6 heteroatoms. The van der Waals surface area contributed by atoms with Crippen LogP contribution in [0.1, 0.15) is 19.4 Å². The van der Waals surface area contributed by atoms with Crippen LogP contribution >= 0.6 is 0 Å². The van der Waals surface area contributed by atoms with Crippen LogP contribution in [0.2, 0.25) is 0 Å². The van der Waals surface area contributed by atoms with Crippen molar-refractivity contribution < 1.29 is 9.53 Å². The Balaban J connectivity index is 1.55. The molecule has 3 rings (SSSR count). The van der Waals surface area contributed by atoms with Crippen LogP contribution < -0.4 is 11.1 Å². The number of amides is 1. The van der Waals surface area contributed by atoms with E-state index in [-0.39, 0.29) is 11.4 Å². The van der Waals surface area contributed by atoms with E-state index in [9.17, 15) is 4.79 Å². The van der Waals surface area contributed by atoms with Crippen molar-refractivity contribution in [2.75, 3.05) is 32.8 Å². The molecule has 25 heavy (non-hydrogen) atoms. The third kappa shape index (κ3) is 4.21. The Morgan fingerprint density at radius 2 is 2.08 bits per heavy atom. The van der Waals surface area contributed by atoms with Crippen molar-refractivity contribution in [1.29, 1.82) is 0 Å². The maximum Gasteiger partial charge on any atom is 0.237 e. The number of carbonyl (C=O) groups excluding carboxylic acids is 1. The van der Waals surface area contributed by atoms with Crippen molar-refractivity contribution in [3.63, 3.8) is 0 Å². The van der Waals surface area contributed by atoms with Gasteiger partial charge in [0.15, 0.2) is 0 Å². The Morgan fingerprint density at radius 3 is 2.84 bits per heavy atom.